The van der Waals surface area contributed by atoms with Crippen molar-refractivity contribution in [2.75, 3.05) is 7.11 Å². The highest BCUT2D eigenvalue weighted by Crippen LogP contribution is 2.26. The predicted molar refractivity (Wildman–Crippen MR) is 50.3 cm³/mol. The molecular formula is C10H18O3. The van der Waals surface area contributed by atoms with Gasteiger partial charge in [-0.2, -0.15) is 0 Å². The third kappa shape index (κ3) is 3.57. The lowest BCUT2D eigenvalue weighted by molar-refractivity contribution is -0.146. The number of rotatable bonds is 4. The maximum absolute atomic E-state index is 11.2. The molecule has 0 aliphatic carbocycles. The Morgan fingerprint density at radius 2 is 1.85 bits per heavy atom. The second-order valence-electron chi connectivity index (χ2n) is 4.07. The van der Waals surface area contributed by atoms with E-state index < -0.39 is 5.41 Å². The molecule has 0 aromatic rings. The fourth-order valence-corrected chi connectivity index (χ4v) is 1.19. The lowest BCUT2D eigenvalue weighted by atomic mass is 9.80. The highest BCUT2D eigenvalue weighted by atomic mass is 16.5. The molecule has 0 saturated heterocycles. The number of Topliss-reactive ketones (excluding diaryl/α,β-unsaturated/α-hetero) is 1. The van der Waals surface area contributed by atoms with Crippen molar-refractivity contribution in [3.8, 4) is 0 Å². The molecule has 0 spiro atoms. The Kier molecular flexibility index (Phi) is 4.11. The molecule has 0 fully saturated rings. The number of methoxy groups -OCH3 is 1. The molecule has 0 aliphatic rings. The van der Waals surface area contributed by atoms with Gasteiger partial charge in [-0.15, -0.1) is 0 Å². The first-order chi connectivity index (χ1) is 5.81. The van der Waals surface area contributed by atoms with Gasteiger partial charge in [0.2, 0.25) is 0 Å². The van der Waals surface area contributed by atoms with Gasteiger partial charge in [0.25, 0.3) is 0 Å². The smallest absolute Gasteiger partial charge is 0.308 e. The summed E-state index contributed by atoms with van der Waals surface area (Å²) in [4.78, 5) is 22.2. The van der Waals surface area contributed by atoms with Crippen LogP contribution in [0, 0.1) is 11.3 Å². The van der Waals surface area contributed by atoms with Crippen molar-refractivity contribution < 1.29 is 14.3 Å². The van der Waals surface area contributed by atoms with Crippen molar-refractivity contribution in [1.82, 2.24) is 0 Å². The van der Waals surface area contributed by atoms with Crippen LogP contribution in [0.1, 0.15) is 34.1 Å². The van der Waals surface area contributed by atoms with E-state index in [1.165, 1.54) is 7.11 Å². The average Bonchev–Trinajstić information content (AvgIpc) is 2.01. The van der Waals surface area contributed by atoms with E-state index in [0.29, 0.717) is 6.42 Å². The van der Waals surface area contributed by atoms with Gasteiger partial charge in [-0.05, 0) is 13.3 Å². The molecular weight excluding hydrogens is 168 g/mol. The second kappa shape index (κ2) is 4.40. The van der Waals surface area contributed by atoms with Crippen molar-refractivity contribution in [2.45, 2.75) is 34.1 Å². The van der Waals surface area contributed by atoms with Crippen LogP contribution < -0.4 is 0 Å². The summed E-state index contributed by atoms with van der Waals surface area (Å²) in [5.41, 5.74) is -0.437. The predicted octanol–water partition coefficient (Wildman–Crippen LogP) is 1.80. The zero-order valence-electron chi connectivity index (χ0n) is 9.01. The van der Waals surface area contributed by atoms with Crippen molar-refractivity contribution >= 4 is 11.8 Å². The molecule has 76 valence electrons. The molecule has 0 aliphatic heterocycles. The van der Waals surface area contributed by atoms with Gasteiger partial charge in [-0.1, -0.05) is 20.8 Å². The van der Waals surface area contributed by atoms with Gasteiger partial charge < -0.3 is 4.74 Å². The van der Waals surface area contributed by atoms with Crippen LogP contribution in [0.25, 0.3) is 0 Å². The Labute approximate surface area is 79.5 Å². The third-order valence-electron chi connectivity index (χ3n) is 2.37. The number of ether oxygens (including phenoxy) is 1. The summed E-state index contributed by atoms with van der Waals surface area (Å²) in [6.07, 6.45) is 0.537. The van der Waals surface area contributed by atoms with Crippen LogP contribution in [0.3, 0.4) is 0 Å². The fraction of sp³-hybridized carbons (Fsp3) is 0.800. The number of hydrogen-bond donors (Lipinski definition) is 0. The number of carbonyl (C=O) groups excluding carboxylic acids is 2. The lowest BCUT2D eigenvalue weighted by Gasteiger charge is -2.23. The maximum atomic E-state index is 11.2. The van der Waals surface area contributed by atoms with Crippen molar-refractivity contribution in [3.05, 3.63) is 0 Å². The van der Waals surface area contributed by atoms with Crippen LogP contribution >= 0.6 is 0 Å². The van der Waals surface area contributed by atoms with Gasteiger partial charge in [-0.3, -0.25) is 9.59 Å². The van der Waals surface area contributed by atoms with E-state index >= 15 is 0 Å². The number of hydrogen-bond acceptors (Lipinski definition) is 3. The minimum atomic E-state index is -0.437. The minimum absolute atomic E-state index is 0.100. The first-order valence-electron chi connectivity index (χ1n) is 4.40. The topological polar surface area (TPSA) is 43.4 Å². The van der Waals surface area contributed by atoms with E-state index in [0.717, 1.165) is 0 Å². The maximum Gasteiger partial charge on any atom is 0.308 e. The van der Waals surface area contributed by atoms with Gasteiger partial charge in [-0.25, -0.2) is 0 Å². The summed E-state index contributed by atoms with van der Waals surface area (Å²) in [5.74, 6) is -0.374. The summed E-state index contributed by atoms with van der Waals surface area (Å²) in [6, 6.07) is 0. The monoisotopic (exact) mass is 186 g/mol. The molecule has 0 aromatic carbocycles. The van der Waals surface area contributed by atoms with E-state index in [1.807, 2.05) is 13.8 Å². The summed E-state index contributed by atoms with van der Waals surface area (Å²) in [6.45, 7) is 7.00. The SMILES string of the molecule is COC(=O)C(C)CC(C)(C)C(C)=O. The van der Waals surface area contributed by atoms with E-state index in [-0.39, 0.29) is 17.7 Å². The highest BCUT2D eigenvalue weighted by molar-refractivity contribution is 5.82. The van der Waals surface area contributed by atoms with Crippen LogP contribution in [0.4, 0.5) is 0 Å². The van der Waals surface area contributed by atoms with Crippen molar-refractivity contribution in [3.63, 3.8) is 0 Å². The van der Waals surface area contributed by atoms with Gasteiger partial charge in [0.15, 0.2) is 0 Å². The molecule has 0 radical (unpaired) electrons. The number of esters is 1. The zero-order chi connectivity index (χ0) is 10.6. The molecule has 1 atom stereocenters. The van der Waals surface area contributed by atoms with E-state index in [1.54, 1.807) is 13.8 Å². The Balaban J connectivity index is 4.27. The molecule has 0 amide bonds. The number of ketones is 1. The van der Waals surface area contributed by atoms with Crippen LogP contribution in [0.15, 0.2) is 0 Å². The van der Waals surface area contributed by atoms with E-state index in [4.69, 9.17) is 0 Å². The van der Waals surface area contributed by atoms with E-state index in [9.17, 15) is 9.59 Å². The molecule has 0 rings (SSSR count). The third-order valence-corrected chi connectivity index (χ3v) is 2.37. The molecule has 13 heavy (non-hydrogen) atoms. The molecule has 3 nitrogen and oxygen atoms in total. The summed E-state index contributed by atoms with van der Waals surface area (Å²) in [5, 5.41) is 0. The van der Waals surface area contributed by atoms with Crippen molar-refractivity contribution in [1.29, 1.82) is 0 Å². The normalized spacial score (nSPS) is 13.6. The summed E-state index contributed by atoms with van der Waals surface area (Å²) >= 11 is 0. The molecule has 0 N–H and O–H groups in total. The molecule has 0 heterocycles. The van der Waals surface area contributed by atoms with E-state index in [2.05, 4.69) is 4.74 Å². The van der Waals surface area contributed by atoms with Crippen LogP contribution in [-0.2, 0) is 14.3 Å². The Hall–Kier alpha value is -0.860. The Morgan fingerprint density at radius 1 is 1.38 bits per heavy atom. The largest absolute Gasteiger partial charge is 0.469 e. The van der Waals surface area contributed by atoms with Gasteiger partial charge in [0.05, 0.1) is 13.0 Å². The van der Waals surface area contributed by atoms with Crippen LogP contribution in [-0.4, -0.2) is 18.9 Å². The molecule has 0 aromatic heterocycles. The van der Waals surface area contributed by atoms with Gasteiger partial charge in [0, 0.05) is 5.41 Å². The molecule has 0 bridgehead atoms. The zero-order valence-corrected chi connectivity index (χ0v) is 9.01. The molecule has 0 saturated carbocycles. The molecule has 1 unspecified atom stereocenters. The summed E-state index contributed by atoms with van der Waals surface area (Å²) in [7, 11) is 1.36. The fourth-order valence-electron chi connectivity index (χ4n) is 1.19. The Morgan fingerprint density at radius 3 is 2.15 bits per heavy atom. The summed E-state index contributed by atoms with van der Waals surface area (Å²) < 4.78 is 4.59. The minimum Gasteiger partial charge on any atom is -0.469 e. The van der Waals surface area contributed by atoms with Crippen molar-refractivity contribution in [2.24, 2.45) is 11.3 Å². The van der Waals surface area contributed by atoms with Crippen LogP contribution in [0.5, 0.6) is 0 Å². The van der Waals surface area contributed by atoms with Gasteiger partial charge >= 0.3 is 5.97 Å². The second-order valence-corrected chi connectivity index (χ2v) is 4.07. The first-order valence-corrected chi connectivity index (χ1v) is 4.40. The standard InChI is InChI=1S/C10H18O3/c1-7(9(12)13-5)6-10(3,4)8(2)11/h7H,6H2,1-5H3. The molecule has 3 heteroatoms. The lowest BCUT2D eigenvalue weighted by Crippen LogP contribution is -2.27. The van der Waals surface area contributed by atoms with Gasteiger partial charge in [0.1, 0.15) is 5.78 Å². The Bertz CT molecular complexity index is 206. The first kappa shape index (κ1) is 12.1. The highest BCUT2D eigenvalue weighted by Gasteiger charge is 2.29. The quantitative estimate of drug-likeness (QED) is 0.629. The number of carbonyl (C=O) groups is 2. The average molecular weight is 186 g/mol. The van der Waals surface area contributed by atoms with Crippen LogP contribution in [0.2, 0.25) is 0 Å².